The topological polar surface area (TPSA) is 63.9 Å². The third-order valence-corrected chi connectivity index (χ3v) is 3.98. The predicted octanol–water partition coefficient (Wildman–Crippen LogP) is -0.898. The van der Waals surface area contributed by atoms with Gasteiger partial charge < -0.3 is 21.7 Å². The van der Waals surface area contributed by atoms with Crippen LogP contribution in [0.2, 0.25) is 0 Å². The molecule has 0 aliphatic rings. The second-order valence-corrected chi connectivity index (χ2v) is 6.07. The van der Waals surface area contributed by atoms with Gasteiger partial charge in [0.2, 0.25) is 0 Å². The average Bonchev–Trinajstić information content (AvgIpc) is 2.53. The van der Waals surface area contributed by atoms with Crippen LogP contribution < -0.4 is 64.2 Å². The number of carbonyl (C=O) groups is 1. The van der Waals surface area contributed by atoms with Crippen LogP contribution in [0.25, 0.3) is 0 Å². The van der Waals surface area contributed by atoms with E-state index in [0.29, 0.717) is 0 Å². The molecule has 0 atom stereocenters. The van der Waals surface area contributed by atoms with Gasteiger partial charge in [0, 0.05) is 5.97 Å². The minimum absolute atomic E-state index is 0. The van der Waals surface area contributed by atoms with Crippen LogP contribution in [0.4, 0.5) is 0 Å². The number of aliphatic carboxylic acids is 1. The molecule has 0 saturated carbocycles. The Balaban J connectivity index is -0.000000480. The molecular formula is C19H35NNa2O2. The molecule has 0 rings (SSSR count). The van der Waals surface area contributed by atoms with Gasteiger partial charge in [0.1, 0.15) is 0 Å². The van der Waals surface area contributed by atoms with Crippen molar-refractivity contribution in [1.82, 2.24) is 0 Å². The Hall–Kier alpha value is 0.960. The summed E-state index contributed by atoms with van der Waals surface area (Å²) in [6, 6.07) is 0. The van der Waals surface area contributed by atoms with Crippen molar-refractivity contribution >= 4 is 5.97 Å². The van der Waals surface area contributed by atoms with E-state index in [1.165, 1.54) is 83.5 Å². The molecule has 0 fully saturated rings. The van der Waals surface area contributed by atoms with E-state index in [0.717, 1.165) is 12.8 Å². The molecule has 0 saturated heterocycles. The summed E-state index contributed by atoms with van der Waals surface area (Å²) >= 11 is 0. The third-order valence-electron chi connectivity index (χ3n) is 3.98. The van der Waals surface area contributed by atoms with Crippen LogP contribution >= 0.6 is 0 Å². The SMILES string of the molecule is CCCCCCCCCCCCCCCCCC(=O)[O-].[C-]#N.[Na+].[Na+]. The molecule has 0 bridgehead atoms. The second-order valence-electron chi connectivity index (χ2n) is 6.07. The van der Waals surface area contributed by atoms with E-state index >= 15 is 0 Å². The number of carbonyl (C=O) groups excluding carboxylic acids is 1. The maximum absolute atomic E-state index is 10.2. The fourth-order valence-electron chi connectivity index (χ4n) is 2.64. The Morgan fingerprint density at radius 3 is 1.17 bits per heavy atom. The molecule has 0 unspecified atom stereocenters. The molecule has 0 aromatic heterocycles. The first-order valence-electron chi connectivity index (χ1n) is 9.19. The zero-order valence-electron chi connectivity index (χ0n) is 16.6. The predicted molar refractivity (Wildman–Crippen MR) is 89.5 cm³/mol. The minimum Gasteiger partial charge on any atom is -0.550 e. The monoisotopic (exact) mass is 355 g/mol. The minimum atomic E-state index is -0.903. The maximum atomic E-state index is 10.2. The standard InChI is InChI=1S/C18H36O2.CN.2Na/c1-2-3-4-5-6-7-8-9-10-11-12-13-14-15-16-17-18(19)20;1-2;;/h2-17H2,1H3,(H,19,20);;;/q;-1;2*+1/p-1. The summed E-state index contributed by atoms with van der Waals surface area (Å²) in [4.78, 5) is 10.2. The smallest absolute Gasteiger partial charge is 0.550 e. The normalized spacial score (nSPS) is 9.12. The number of hydrogen-bond donors (Lipinski definition) is 0. The van der Waals surface area contributed by atoms with Crippen LogP contribution in [0, 0.1) is 11.8 Å². The number of nitrogens with zero attached hydrogens (tertiary/aromatic N) is 1. The van der Waals surface area contributed by atoms with Gasteiger partial charge in [-0.05, 0) is 12.8 Å². The molecule has 0 spiro atoms. The Morgan fingerprint density at radius 1 is 0.667 bits per heavy atom. The van der Waals surface area contributed by atoms with Crippen molar-refractivity contribution in [2.75, 3.05) is 0 Å². The largest absolute Gasteiger partial charge is 1.00 e. The zero-order chi connectivity index (χ0) is 16.9. The first-order chi connectivity index (χ1) is 10.8. The number of unbranched alkanes of at least 4 members (excludes halogenated alkanes) is 14. The summed E-state index contributed by atoms with van der Waals surface area (Å²) in [6.45, 7) is 7.02. The molecule has 0 radical (unpaired) electrons. The van der Waals surface area contributed by atoms with Gasteiger partial charge in [-0.1, -0.05) is 96.8 Å². The Morgan fingerprint density at radius 2 is 0.917 bits per heavy atom. The van der Waals surface area contributed by atoms with Crippen molar-refractivity contribution in [1.29, 1.82) is 5.26 Å². The van der Waals surface area contributed by atoms with E-state index in [1.807, 2.05) is 0 Å². The Bertz CT molecular complexity index is 249. The third kappa shape index (κ3) is 34.3. The van der Waals surface area contributed by atoms with Crippen LogP contribution in [-0.4, -0.2) is 5.97 Å². The number of carboxylic acids is 1. The summed E-state index contributed by atoms with van der Waals surface area (Å²) in [5, 5.41) is 16.5. The Labute approximate surface area is 194 Å². The molecule has 3 nitrogen and oxygen atoms in total. The number of rotatable bonds is 16. The summed E-state index contributed by atoms with van der Waals surface area (Å²) in [6.07, 6.45) is 19.9. The van der Waals surface area contributed by atoms with E-state index in [1.54, 1.807) is 0 Å². The van der Waals surface area contributed by atoms with Crippen molar-refractivity contribution in [2.45, 2.75) is 110 Å². The van der Waals surface area contributed by atoms with Crippen molar-refractivity contribution in [2.24, 2.45) is 0 Å². The fourth-order valence-corrected chi connectivity index (χ4v) is 2.64. The number of carboxylic acid groups (broad SMARTS) is 1. The van der Waals surface area contributed by atoms with Gasteiger partial charge in [-0.15, -0.1) is 0 Å². The van der Waals surface area contributed by atoms with Crippen LogP contribution in [0.1, 0.15) is 110 Å². The van der Waals surface area contributed by atoms with Crippen molar-refractivity contribution in [3.05, 3.63) is 6.57 Å². The molecular weight excluding hydrogens is 320 g/mol. The maximum Gasteiger partial charge on any atom is 1.00 e. The fraction of sp³-hybridized carbons (Fsp3) is 0.895. The molecule has 0 N–H and O–H groups in total. The van der Waals surface area contributed by atoms with E-state index in [4.69, 9.17) is 11.8 Å². The van der Waals surface area contributed by atoms with Gasteiger partial charge in [-0.3, -0.25) is 0 Å². The second kappa shape index (κ2) is 31.7. The first-order valence-corrected chi connectivity index (χ1v) is 9.19. The molecule has 0 aliphatic carbocycles. The summed E-state index contributed by atoms with van der Waals surface area (Å²) < 4.78 is 0. The van der Waals surface area contributed by atoms with E-state index < -0.39 is 5.97 Å². The molecule has 0 amide bonds. The number of hydrogen-bond acceptors (Lipinski definition) is 3. The summed E-state index contributed by atoms with van der Waals surface area (Å²) in [5.41, 5.74) is 0. The van der Waals surface area contributed by atoms with E-state index in [9.17, 15) is 9.90 Å². The average molecular weight is 355 g/mol. The van der Waals surface area contributed by atoms with Crippen LogP contribution in [-0.2, 0) is 4.79 Å². The molecule has 24 heavy (non-hydrogen) atoms. The van der Waals surface area contributed by atoms with Gasteiger partial charge >= 0.3 is 59.1 Å². The molecule has 0 aromatic rings. The van der Waals surface area contributed by atoms with E-state index in [-0.39, 0.29) is 65.5 Å². The summed E-state index contributed by atoms with van der Waals surface area (Å²) in [5.74, 6) is -0.903. The van der Waals surface area contributed by atoms with Gasteiger partial charge in [-0.2, -0.15) is 0 Å². The quantitative estimate of drug-likeness (QED) is 0.205. The van der Waals surface area contributed by atoms with Crippen molar-refractivity contribution in [3.8, 4) is 0 Å². The van der Waals surface area contributed by atoms with Gasteiger partial charge in [-0.25, -0.2) is 0 Å². The van der Waals surface area contributed by atoms with Gasteiger partial charge in [0.15, 0.2) is 0 Å². The molecule has 130 valence electrons. The molecule has 0 aromatic carbocycles. The molecule has 0 aliphatic heterocycles. The van der Waals surface area contributed by atoms with Gasteiger partial charge in [0.25, 0.3) is 0 Å². The molecule has 0 heterocycles. The van der Waals surface area contributed by atoms with Crippen LogP contribution in [0.5, 0.6) is 0 Å². The van der Waals surface area contributed by atoms with Crippen LogP contribution in [0.15, 0.2) is 0 Å². The first kappa shape index (κ1) is 32.6. The summed E-state index contributed by atoms with van der Waals surface area (Å²) in [7, 11) is 0. The van der Waals surface area contributed by atoms with Crippen molar-refractivity contribution < 1.29 is 69.0 Å². The van der Waals surface area contributed by atoms with E-state index in [2.05, 4.69) is 6.92 Å². The molecule has 5 heteroatoms. The van der Waals surface area contributed by atoms with Crippen LogP contribution in [0.3, 0.4) is 0 Å². The zero-order valence-corrected chi connectivity index (χ0v) is 20.6. The van der Waals surface area contributed by atoms with Crippen molar-refractivity contribution in [3.63, 3.8) is 0 Å². The Kier molecular flexibility index (Phi) is 43.1. The van der Waals surface area contributed by atoms with Gasteiger partial charge in [0.05, 0.1) is 0 Å².